The second kappa shape index (κ2) is 5.92. The minimum Gasteiger partial charge on any atom is -0.466 e. The van der Waals surface area contributed by atoms with Crippen LogP contribution < -0.4 is 10.9 Å². The Hall–Kier alpha value is -2.08. The Kier molecular flexibility index (Phi) is 4.24. The van der Waals surface area contributed by atoms with Crippen molar-refractivity contribution in [3.05, 3.63) is 57.5 Å². The fraction of sp³-hybridized carbons (Fsp3) is 0.143. The lowest BCUT2D eigenvalue weighted by atomic mass is 10.2. The number of hydrazine groups is 1. The minimum absolute atomic E-state index is 0.391. The van der Waals surface area contributed by atoms with Crippen molar-refractivity contribution in [1.29, 1.82) is 0 Å². The summed E-state index contributed by atoms with van der Waals surface area (Å²) < 4.78 is 6.05. The van der Waals surface area contributed by atoms with Crippen LogP contribution in [0.1, 0.15) is 32.2 Å². The van der Waals surface area contributed by atoms with Gasteiger partial charge in [0.05, 0.1) is 5.56 Å². The molecule has 1 aromatic carbocycles. The van der Waals surface area contributed by atoms with E-state index in [0.29, 0.717) is 22.6 Å². The molecule has 0 spiro atoms. The molecule has 0 radical (unpaired) electrons. The quantitative estimate of drug-likeness (QED) is 0.828. The van der Waals surface area contributed by atoms with Gasteiger partial charge in [-0.25, -0.2) is 0 Å². The molecule has 0 saturated heterocycles. The summed E-state index contributed by atoms with van der Waals surface area (Å²) in [4.78, 5) is 23.7. The Morgan fingerprint density at radius 3 is 2.40 bits per heavy atom. The molecule has 104 valence electrons. The standard InChI is InChI=1S/C14H13BrN2O3/c1-8-6-12(9(2)20-8)14(19)17-16-13(18)10-4-3-5-11(15)7-10/h3-7H,1-2H3,(H,16,18)(H,17,19). The van der Waals surface area contributed by atoms with Gasteiger partial charge in [-0.3, -0.25) is 20.4 Å². The SMILES string of the molecule is Cc1cc(C(=O)NNC(=O)c2cccc(Br)c2)c(C)o1. The summed E-state index contributed by atoms with van der Waals surface area (Å²) in [7, 11) is 0. The second-order valence-electron chi connectivity index (χ2n) is 4.25. The summed E-state index contributed by atoms with van der Waals surface area (Å²) in [5, 5.41) is 0. The van der Waals surface area contributed by atoms with E-state index >= 15 is 0 Å². The maximum atomic E-state index is 11.9. The largest absolute Gasteiger partial charge is 0.466 e. The predicted octanol–water partition coefficient (Wildman–Crippen LogP) is 2.73. The van der Waals surface area contributed by atoms with Gasteiger partial charge in [-0.1, -0.05) is 22.0 Å². The van der Waals surface area contributed by atoms with E-state index in [-0.39, 0.29) is 0 Å². The van der Waals surface area contributed by atoms with Gasteiger partial charge < -0.3 is 4.42 Å². The van der Waals surface area contributed by atoms with E-state index < -0.39 is 11.8 Å². The van der Waals surface area contributed by atoms with Gasteiger partial charge >= 0.3 is 0 Å². The van der Waals surface area contributed by atoms with E-state index in [4.69, 9.17) is 4.42 Å². The molecule has 0 fully saturated rings. The Bertz CT molecular complexity index is 664. The zero-order valence-electron chi connectivity index (χ0n) is 11.0. The van der Waals surface area contributed by atoms with Crippen molar-refractivity contribution in [1.82, 2.24) is 10.9 Å². The number of amides is 2. The number of rotatable bonds is 2. The zero-order chi connectivity index (χ0) is 14.7. The molecular weight excluding hydrogens is 324 g/mol. The smallest absolute Gasteiger partial charge is 0.273 e. The van der Waals surface area contributed by atoms with Crippen LogP contribution in [-0.2, 0) is 0 Å². The average Bonchev–Trinajstić information content (AvgIpc) is 2.74. The Labute approximate surface area is 124 Å². The molecule has 5 nitrogen and oxygen atoms in total. The van der Waals surface area contributed by atoms with Crippen LogP contribution in [0.4, 0.5) is 0 Å². The van der Waals surface area contributed by atoms with Crippen LogP contribution in [0, 0.1) is 13.8 Å². The molecule has 2 amide bonds. The molecule has 0 aliphatic rings. The molecule has 1 heterocycles. The molecular formula is C14H13BrN2O3. The van der Waals surface area contributed by atoms with Gasteiger partial charge in [0.2, 0.25) is 0 Å². The van der Waals surface area contributed by atoms with E-state index in [2.05, 4.69) is 26.8 Å². The number of carbonyl (C=O) groups excluding carboxylic acids is 2. The van der Waals surface area contributed by atoms with Crippen LogP contribution in [0.25, 0.3) is 0 Å². The molecule has 6 heteroatoms. The molecule has 0 unspecified atom stereocenters. The third kappa shape index (κ3) is 3.27. The lowest BCUT2D eigenvalue weighted by molar-refractivity contribution is 0.0845. The monoisotopic (exact) mass is 336 g/mol. The first-order valence-electron chi connectivity index (χ1n) is 5.90. The molecule has 0 bridgehead atoms. The van der Waals surface area contributed by atoms with E-state index in [0.717, 1.165) is 4.47 Å². The summed E-state index contributed by atoms with van der Waals surface area (Å²) in [6.07, 6.45) is 0. The third-order valence-electron chi connectivity index (χ3n) is 2.66. The normalized spacial score (nSPS) is 10.2. The number of hydrogen-bond acceptors (Lipinski definition) is 3. The highest BCUT2D eigenvalue weighted by Crippen LogP contribution is 2.13. The first-order valence-corrected chi connectivity index (χ1v) is 6.70. The molecule has 0 aliphatic carbocycles. The van der Waals surface area contributed by atoms with E-state index in [1.54, 1.807) is 38.1 Å². The fourth-order valence-electron chi connectivity index (χ4n) is 1.74. The van der Waals surface area contributed by atoms with Gasteiger partial charge in [0.25, 0.3) is 11.8 Å². The van der Waals surface area contributed by atoms with E-state index in [9.17, 15) is 9.59 Å². The van der Waals surface area contributed by atoms with E-state index in [1.807, 2.05) is 6.07 Å². The summed E-state index contributed by atoms with van der Waals surface area (Å²) >= 11 is 3.28. The molecule has 0 atom stereocenters. The number of hydrogen-bond donors (Lipinski definition) is 2. The van der Waals surface area contributed by atoms with Crippen molar-refractivity contribution in [2.45, 2.75) is 13.8 Å². The Morgan fingerprint density at radius 1 is 1.10 bits per heavy atom. The third-order valence-corrected chi connectivity index (χ3v) is 3.16. The first kappa shape index (κ1) is 14.3. The van der Waals surface area contributed by atoms with Crippen LogP contribution in [0.3, 0.4) is 0 Å². The number of carbonyl (C=O) groups is 2. The Balaban J connectivity index is 2.00. The van der Waals surface area contributed by atoms with Gasteiger partial charge in [-0.2, -0.15) is 0 Å². The van der Waals surface area contributed by atoms with Crippen molar-refractivity contribution in [3.8, 4) is 0 Å². The Morgan fingerprint density at radius 2 is 1.80 bits per heavy atom. The van der Waals surface area contributed by atoms with Crippen LogP contribution >= 0.6 is 15.9 Å². The minimum atomic E-state index is -0.414. The second-order valence-corrected chi connectivity index (χ2v) is 5.16. The number of furan rings is 1. The summed E-state index contributed by atoms with van der Waals surface area (Å²) in [5.41, 5.74) is 5.56. The highest BCUT2D eigenvalue weighted by atomic mass is 79.9. The van der Waals surface area contributed by atoms with E-state index in [1.165, 1.54) is 0 Å². The number of benzene rings is 1. The number of halogens is 1. The molecule has 2 N–H and O–H groups in total. The lowest BCUT2D eigenvalue weighted by Crippen LogP contribution is -2.41. The zero-order valence-corrected chi connectivity index (χ0v) is 12.6. The summed E-state index contributed by atoms with van der Waals surface area (Å²) in [6, 6.07) is 8.49. The highest BCUT2D eigenvalue weighted by Gasteiger charge is 2.14. The molecule has 0 aliphatic heterocycles. The summed E-state index contributed by atoms with van der Waals surface area (Å²) in [6.45, 7) is 3.45. The van der Waals surface area contributed by atoms with Crippen LogP contribution in [0.5, 0.6) is 0 Å². The highest BCUT2D eigenvalue weighted by molar-refractivity contribution is 9.10. The van der Waals surface area contributed by atoms with Crippen LogP contribution in [0.2, 0.25) is 0 Å². The van der Waals surface area contributed by atoms with Gasteiger partial charge in [0.15, 0.2) is 0 Å². The molecule has 1 aromatic heterocycles. The van der Waals surface area contributed by atoms with Crippen molar-refractivity contribution in [3.63, 3.8) is 0 Å². The van der Waals surface area contributed by atoms with Crippen molar-refractivity contribution in [2.75, 3.05) is 0 Å². The predicted molar refractivity (Wildman–Crippen MR) is 77.3 cm³/mol. The fourth-order valence-corrected chi connectivity index (χ4v) is 2.14. The van der Waals surface area contributed by atoms with Gasteiger partial charge in [-0.05, 0) is 38.1 Å². The van der Waals surface area contributed by atoms with Gasteiger partial charge in [0, 0.05) is 10.0 Å². The van der Waals surface area contributed by atoms with Crippen molar-refractivity contribution >= 4 is 27.7 Å². The first-order chi connectivity index (χ1) is 9.47. The molecule has 0 saturated carbocycles. The average molecular weight is 337 g/mol. The summed E-state index contributed by atoms with van der Waals surface area (Å²) in [5.74, 6) is 0.350. The molecule has 2 rings (SSSR count). The van der Waals surface area contributed by atoms with Crippen LogP contribution in [0.15, 0.2) is 39.2 Å². The lowest BCUT2D eigenvalue weighted by Gasteiger charge is -2.07. The van der Waals surface area contributed by atoms with Gasteiger partial charge in [-0.15, -0.1) is 0 Å². The van der Waals surface area contributed by atoms with Gasteiger partial charge in [0.1, 0.15) is 11.5 Å². The maximum absolute atomic E-state index is 11.9. The van der Waals surface area contributed by atoms with Crippen molar-refractivity contribution in [2.24, 2.45) is 0 Å². The van der Waals surface area contributed by atoms with Crippen LogP contribution in [-0.4, -0.2) is 11.8 Å². The maximum Gasteiger partial charge on any atom is 0.273 e. The topological polar surface area (TPSA) is 71.3 Å². The number of aryl methyl sites for hydroxylation is 2. The molecule has 20 heavy (non-hydrogen) atoms. The van der Waals surface area contributed by atoms with Crippen molar-refractivity contribution < 1.29 is 14.0 Å². The molecule has 2 aromatic rings. The number of nitrogens with one attached hydrogen (secondary N) is 2.